The van der Waals surface area contributed by atoms with E-state index in [9.17, 15) is 14.4 Å². The Bertz CT molecular complexity index is 1460. The Kier molecular flexibility index (Phi) is 7.68. The van der Waals surface area contributed by atoms with Crippen molar-refractivity contribution in [2.75, 3.05) is 32.8 Å². The lowest BCUT2D eigenvalue weighted by molar-refractivity contribution is -0.123. The number of halogens is 1. The second-order valence-electron chi connectivity index (χ2n) is 9.15. The molecule has 2 heterocycles. The Morgan fingerprint density at radius 3 is 2.20 bits per heavy atom. The molecule has 10 nitrogen and oxygen atoms in total. The number of hydrazine groups is 1. The third-order valence-electron chi connectivity index (χ3n) is 7.00. The quantitative estimate of drug-likeness (QED) is 0.380. The molecule has 0 aliphatic carbocycles. The van der Waals surface area contributed by atoms with Crippen molar-refractivity contribution < 1.29 is 33.3 Å². The van der Waals surface area contributed by atoms with Crippen molar-refractivity contribution in [2.45, 2.75) is 19.0 Å². The number of imide groups is 1. The molecule has 0 aromatic heterocycles. The van der Waals surface area contributed by atoms with Gasteiger partial charge < -0.3 is 18.9 Å². The molecule has 2 saturated heterocycles. The highest BCUT2D eigenvalue weighted by molar-refractivity contribution is 9.10. The molecule has 208 valence electrons. The summed E-state index contributed by atoms with van der Waals surface area (Å²) in [4.78, 5) is 42.9. The molecule has 2 aliphatic rings. The van der Waals surface area contributed by atoms with E-state index >= 15 is 0 Å². The van der Waals surface area contributed by atoms with Gasteiger partial charge in [0.25, 0.3) is 11.8 Å². The minimum absolute atomic E-state index is 0.348. The molecule has 3 aromatic carbocycles. The number of fused-ring (bicyclic) bond motifs is 1. The van der Waals surface area contributed by atoms with E-state index < -0.39 is 35.7 Å². The van der Waals surface area contributed by atoms with Crippen molar-refractivity contribution in [3.63, 3.8) is 0 Å². The number of methoxy groups -OCH3 is 3. The molecule has 3 amide bonds. The zero-order valence-corrected chi connectivity index (χ0v) is 23.9. The van der Waals surface area contributed by atoms with Gasteiger partial charge in [0.15, 0.2) is 11.5 Å². The van der Waals surface area contributed by atoms with E-state index in [0.717, 1.165) is 4.90 Å². The Balaban J connectivity index is 1.61. The molecule has 3 aromatic rings. The minimum atomic E-state index is -1.10. The fraction of sp³-hybridized carbons (Fsp3) is 0.276. The van der Waals surface area contributed by atoms with Gasteiger partial charge >= 0.3 is 0 Å². The maximum absolute atomic E-state index is 14.0. The van der Waals surface area contributed by atoms with E-state index in [1.165, 1.54) is 26.3 Å². The van der Waals surface area contributed by atoms with Gasteiger partial charge in [-0.2, -0.15) is 0 Å². The lowest BCUT2D eigenvalue weighted by Gasteiger charge is -2.26. The van der Waals surface area contributed by atoms with Crippen molar-refractivity contribution in [3.8, 4) is 23.0 Å². The molecule has 0 radical (unpaired) electrons. The predicted octanol–water partition coefficient (Wildman–Crippen LogP) is 4.13. The molecule has 0 bridgehead atoms. The van der Waals surface area contributed by atoms with Crippen LogP contribution in [0.15, 0.2) is 65.1 Å². The number of hydrogen-bond acceptors (Lipinski definition) is 8. The number of carbonyl (C=O) groups excluding carboxylic acids is 3. The first-order valence-electron chi connectivity index (χ1n) is 12.6. The second-order valence-corrected chi connectivity index (χ2v) is 10.1. The summed E-state index contributed by atoms with van der Waals surface area (Å²) in [5, 5.41) is 1.25. The van der Waals surface area contributed by atoms with Crippen molar-refractivity contribution in [1.29, 1.82) is 0 Å². The number of ether oxygens (including phenoxy) is 4. The van der Waals surface area contributed by atoms with Crippen LogP contribution in [0, 0.1) is 5.92 Å². The normalized spacial score (nSPS) is 20.0. The molecule has 5 rings (SSSR count). The number of carbonyl (C=O) groups is 3. The number of rotatable bonds is 8. The first kappa shape index (κ1) is 27.5. The van der Waals surface area contributed by atoms with Gasteiger partial charge in [0.05, 0.1) is 45.6 Å². The van der Waals surface area contributed by atoms with Gasteiger partial charge in [0, 0.05) is 21.7 Å². The third kappa shape index (κ3) is 4.65. The molecule has 3 atom stereocenters. The largest absolute Gasteiger partial charge is 0.496 e. The third-order valence-corrected chi connectivity index (χ3v) is 7.50. The number of nitrogens with zero attached hydrogens (tertiary/aromatic N) is 2. The monoisotopic (exact) mass is 609 g/mol. The summed E-state index contributed by atoms with van der Waals surface area (Å²) in [5.41, 5.74) is 4.43. The molecule has 2 aliphatic heterocycles. The van der Waals surface area contributed by atoms with Gasteiger partial charge in [-0.15, -0.1) is 0 Å². The first-order chi connectivity index (χ1) is 19.3. The number of hydrogen-bond donors (Lipinski definition) is 1. The standard InChI is InChI=1S/C29H28BrN3O7/c1-5-40-19-11-9-18(10-12-19)32-28(35)24-25(20-14-22(38-3)23(39-4)15-21(20)37-2)31-33(26(24)29(32)36)27(34)16-7-6-8-17(30)13-16/h6-15,24-26,31H,5H2,1-4H3/t24-,25+,26+/m1/s1. The van der Waals surface area contributed by atoms with Crippen LogP contribution in [0.2, 0.25) is 0 Å². The molecule has 40 heavy (non-hydrogen) atoms. The summed E-state index contributed by atoms with van der Waals surface area (Å²) in [6.07, 6.45) is 0. The van der Waals surface area contributed by atoms with Crippen LogP contribution < -0.4 is 29.3 Å². The van der Waals surface area contributed by atoms with Crippen LogP contribution in [-0.2, 0) is 9.59 Å². The average molecular weight is 610 g/mol. The van der Waals surface area contributed by atoms with Crippen LogP contribution in [0.4, 0.5) is 5.69 Å². The summed E-state index contributed by atoms with van der Waals surface area (Å²) >= 11 is 3.40. The Morgan fingerprint density at radius 1 is 0.900 bits per heavy atom. The van der Waals surface area contributed by atoms with Crippen molar-refractivity contribution in [1.82, 2.24) is 10.4 Å². The van der Waals surface area contributed by atoms with E-state index in [-0.39, 0.29) is 0 Å². The highest BCUT2D eigenvalue weighted by Gasteiger charge is 2.61. The Hall–Kier alpha value is -4.09. The van der Waals surface area contributed by atoms with Crippen LogP contribution in [0.25, 0.3) is 0 Å². The highest BCUT2D eigenvalue weighted by atomic mass is 79.9. The van der Waals surface area contributed by atoms with Gasteiger partial charge in [-0.3, -0.25) is 19.4 Å². The van der Waals surface area contributed by atoms with Crippen molar-refractivity contribution >= 4 is 39.3 Å². The van der Waals surface area contributed by atoms with E-state index in [0.29, 0.717) is 50.9 Å². The van der Waals surface area contributed by atoms with Crippen LogP contribution >= 0.6 is 15.9 Å². The minimum Gasteiger partial charge on any atom is -0.496 e. The molecule has 2 fully saturated rings. The van der Waals surface area contributed by atoms with Gasteiger partial charge in [-0.05, 0) is 55.5 Å². The highest BCUT2D eigenvalue weighted by Crippen LogP contribution is 2.47. The van der Waals surface area contributed by atoms with Crippen LogP contribution in [0.5, 0.6) is 23.0 Å². The Morgan fingerprint density at radius 2 is 1.57 bits per heavy atom. The zero-order valence-electron chi connectivity index (χ0n) is 22.3. The fourth-order valence-corrected chi connectivity index (χ4v) is 5.60. The second kappa shape index (κ2) is 11.2. The number of anilines is 1. The molecular formula is C29H28BrN3O7. The summed E-state index contributed by atoms with van der Waals surface area (Å²) < 4.78 is 22.8. The fourth-order valence-electron chi connectivity index (χ4n) is 5.20. The van der Waals surface area contributed by atoms with Gasteiger partial charge in [-0.1, -0.05) is 22.0 Å². The van der Waals surface area contributed by atoms with E-state index in [1.807, 2.05) is 6.92 Å². The van der Waals surface area contributed by atoms with E-state index in [4.69, 9.17) is 18.9 Å². The summed E-state index contributed by atoms with van der Waals surface area (Å²) in [7, 11) is 4.50. The van der Waals surface area contributed by atoms with Crippen molar-refractivity contribution in [2.24, 2.45) is 5.92 Å². The molecule has 0 saturated carbocycles. The predicted molar refractivity (Wildman–Crippen MR) is 150 cm³/mol. The summed E-state index contributed by atoms with van der Waals surface area (Å²) in [6, 6.07) is 15.0. The van der Waals surface area contributed by atoms with E-state index in [2.05, 4.69) is 21.4 Å². The van der Waals surface area contributed by atoms with Crippen LogP contribution in [0.1, 0.15) is 28.9 Å². The van der Waals surface area contributed by atoms with Gasteiger partial charge in [-0.25, -0.2) is 10.3 Å². The lowest BCUT2D eigenvalue weighted by Crippen LogP contribution is -2.48. The number of amides is 3. The van der Waals surface area contributed by atoms with Gasteiger partial charge in [0.1, 0.15) is 17.5 Å². The summed E-state index contributed by atoms with van der Waals surface area (Å²) in [6.45, 7) is 2.35. The Labute approximate surface area is 239 Å². The number of benzene rings is 3. The topological polar surface area (TPSA) is 107 Å². The molecule has 1 N–H and O–H groups in total. The molecule has 0 unspecified atom stereocenters. The molecule has 0 spiro atoms. The van der Waals surface area contributed by atoms with Crippen molar-refractivity contribution in [3.05, 3.63) is 76.3 Å². The molecule has 11 heteroatoms. The van der Waals surface area contributed by atoms with E-state index in [1.54, 1.807) is 60.7 Å². The average Bonchev–Trinajstić information content (AvgIpc) is 3.48. The SMILES string of the molecule is CCOc1ccc(N2C(=O)[C@H]3[C@@H](C2=O)N(C(=O)c2cccc(Br)c2)N[C@H]3c2cc(OC)c(OC)cc2OC)cc1. The smallest absolute Gasteiger partial charge is 0.268 e. The van der Waals surface area contributed by atoms with Crippen LogP contribution in [0.3, 0.4) is 0 Å². The number of nitrogens with one attached hydrogen (secondary N) is 1. The first-order valence-corrected chi connectivity index (χ1v) is 13.4. The maximum Gasteiger partial charge on any atom is 0.268 e. The summed E-state index contributed by atoms with van der Waals surface area (Å²) in [5.74, 6) is -0.486. The lowest BCUT2D eigenvalue weighted by atomic mass is 9.90. The van der Waals surface area contributed by atoms with Gasteiger partial charge in [0.2, 0.25) is 5.91 Å². The molecular weight excluding hydrogens is 582 g/mol. The maximum atomic E-state index is 14.0. The van der Waals surface area contributed by atoms with Crippen LogP contribution in [-0.4, -0.2) is 56.7 Å². The zero-order chi connectivity index (χ0) is 28.6.